The van der Waals surface area contributed by atoms with Crippen molar-refractivity contribution in [3.63, 3.8) is 0 Å². The largest absolute Gasteiger partial charge is 0.309 e. The van der Waals surface area contributed by atoms with Gasteiger partial charge in [-0.15, -0.1) is 0 Å². The molecule has 0 spiro atoms. The molecule has 2 aliphatic carbocycles. The summed E-state index contributed by atoms with van der Waals surface area (Å²) in [6.07, 6.45) is 11.7. The maximum absolute atomic E-state index is 2.49. The number of nitrogens with zero attached hydrogens (tertiary/aromatic N) is 1. The molecule has 6 aromatic carbocycles. The molecule has 0 saturated carbocycles. The highest BCUT2D eigenvalue weighted by atomic mass is 15.0. The lowest BCUT2D eigenvalue weighted by Gasteiger charge is -2.26. The zero-order valence-corrected chi connectivity index (χ0v) is 24.1. The van der Waals surface area contributed by atoms with Crippen LogP contribution < -0.4 is 0 Å². The number of aromatic nitrogens is 1. The Morgan fingerprint density at radius 2 is 1.09 bits per heavy atom. The van der Waals surface area contributed by atoms with Gasteiger partial charge in [0, 0.05) is 16.5 Å². The molecule has 1 heteroatoms. The predicted octanol–water partition coefficient (Wildman–Crippen LogP) is 11.1. The zero-order valence-electron chi connectivity index (χ0n) is 24.1. The van der Waals surface area contributed by atoms with Crippen LogP contribution in [0.4, 0.5) is 0 Å². The van der Waals surface area contributed by atoms with E-state index >= 15 is 0 Å². The molecule has 1 heterocycles. The second-order valence-corrected chi connectivity index (χ2v) is 11.9. The van der Waals surface area contributed by atoms with Gasteiger partial charge in [0.2, 0.25) is 0 Å². The average molecular weight is 550 g/mol. The average Bonchev–Trinajstić information content (AvgIpc) is 3.43. The molecular formula is C42H31N. The number of para-hydroxylation sites is 2. The van der Waals surface area contributed by atoms with E-state index in [2.05, 4.69) is 144 Å². The van der Waals surface area contributed by atoms with E-state index in [-0.39, 0.29) is 0 Å². The molecule has 0 amide bonds. The number of allylic oxidation sites excluding steroid dienone is 2. The first kappa shape index (κ1) is 24.5. The minimum atomic E-state index is 1.08. The summed E-state index contributed by atoms with van der Waals surface area (Å²) >= 11 is 0. The summed E-state index contributed by atoms with van der Waals surface area (Å²) in [4.78, 5) is 0. The van der Waals surface area contributed by atoms with Crippen molar-refractivity contribution in [1.29, 1.82) is 0 Å². The molecule has 0 bridgehead atoms. The van der Waals surface area contributed by atoms with Gasteiger partial charge in [0.05, 0.1) is 11.0 Å². The molecule has 0 atom stereocenters. The van der Waals surface area contributed by atoms with Crippen LogP contribution >= 0.6 is 0 Å². The van der Waals surface area contributed by atoms with Gasteiger partial charge in [-0.3, -0.25) is 0 Å². The summed E-state index contributed by atoms with van der Waals surface area (Å²) < 4.78 is 2.38. The van der Waals surface area contributed by atoms with Gasteiger partial charge in [-0.25, -0.2) is 0 Å². The van der Waals surface area contributed by atoms with Crippen molar-refractivity contribution in [2.75, 3.05) is 0 Å². The van der Waals surface area contributed by atoms with Gasteiger partial charge < -0.3 is 4.57 Å². The fourth-order valence-electron chi connectivity index (χ4n) is 7.59. The Hall–Kier alpha value is -5.14. The van der Waals surface area contributed by atoms with Gasteiger partial charge in [0.1, 0.15) is 0 Å². The Morgan fingerprint density at radius 3 is 1.84 bits per heavy atom. The molecule has 0 N–H and O–H groups in total. The van der Waals surface area contributed by atoms with E-state index in [1.807, 2.05) is 0 Å². The molecule has 43 heavy (non-hydrogen) atoms. The second-order valence-electron chi connectivity index (χ2n) is 11.9. The van der Waals surface area contributed by atoms with Gasteiger partial charge in [0.25, 0.3) is 0 Å². The fourth-order valence-corrected chi connectivity index (χ4v) is 7.59. The van der Waals surface area contributed by atoms with Crippen molar-refractivity contribution < 1.29 is 0 Å². The van der Waals surface area contributed by atoms with Crippen molar-refractivity contribution >= 4 is 50.3 Å². The molecule has 0 aliphatic heterocycles. The minimum absolute atomic E-state index is 1.08. The highest BCUT2D eigenvalue weighted by molar-refractivity contribution is 6.09. The monoisotopic (exact) mass is 549 g/mol. The molecule has 0 saturated heterocycles. The van der Waals surface area contributed by atoms with Crippen molar-refractivity contribution in [2.45, 2.75) is 25.7 Å². The third-order valence-corrected chi connectivity index (χ3v) is 9.60. The Morgan fingerprint density at radius 1 is 0.465 bits per heavy atom. The van der Waals surface area contributed by atoms with Crippen LogP contribution in [0.5, 0.6) is 0 Å². The minimum Gasteiger partial charge on any atom is -0.309 e. The Bertz CT molecular complexity index is 2220. The van der Waals surface area contributed by atoms with Crippen LogP contribution in [0.1, 0.15) is 40.7 Å². The predicted molar refractivity (Wildman–Crippen MR) is 184 cm³/mol. The number of fused-ring (bicyclic) bond motifs is 9. The van der Waals surface area contributed by atoms with Crippen LogP contribution in [0.25, 0.3) is 67.1 Å². The summed E-state index contributed by atoms with van der Waals surface area (Å²) in [5, 5.41) is 5.36. The van der Waals surface area contributed by atoms with Crippen molar-refractivity contribution in [3.8, 4) is 16.8 Å². The lowest BCUT2D eigenvalue weighted by molar-refractivity contribution is 0.918. The lowest BCUT2D eigenvalue weighted by Crippen LogP contribution is -2.08. The van der Waals surface area contributed by atoms with E-state index < -0.39 is 0 Å². The smallest absolute Gasteiger partial charge is 0.0541 e. The van der Waals surface area contributed by atoms with Gasteiger partial charge >= 0.3 is 0 Å². The number of hydrogen-bond donors (Lipinski definition) is 0. The molecule has 1 nitrogen and oxygen atoms in total. The van der Waals surface area contributed by atoms with Gasteiger partial charge in [-0.2, -0.15) is 0 Å². The van der Waals surface area contributed by atoms with Crippen molar-refractivity contribution in [2.24, 2.45) is 0 Å². The van der Waals surface area contributed by atoms with Crippen LogP contribution in [-0.2, 0) is 12.8 Å². The quantitative estimate of drug-likeness (QED) is 0.207. The summed E-state index contributed by atoms with van der Waals surface area (Å²) in [6.45, 7) is 0. The SMILES string of the molecule is C1=Cc2c(c3c(c4ccccc24)C=C(c2cccc(-c4ccc(-n5c6ccccc6c6ccccc65)cc4)c2)CC3)CC1. The van der Waals surface area contributed by atoms with Crippen molar-refractivity contribution in [3.05, 3.63) is 155 Å². The van der Waals surface area contributed by atoms with E-state index in [9.17, 15) is 0 Å². The van der Waals surface area contributed by atoms with E-state index in [4.69, 9.17) is 0 Å². The highest BCUT2D eigenvalue weighted by Gasteiger charge is 2.22. The normalized spacial score (nSPS) is 14.2. The van der Waals surface area contributed by atoms with Gasteiger partial charge in [0.15, 0.2) is 0 Å². The van der Waals surface area contributed by atoms with Crippen molar-refractivity contribution in [1.82, 2.24) is 4.57 Å². The van der Waals surface area contributed by atoms with Crippen LogP contribution in [0, 0.1) is 0 Å². The number of rotatable bonds is 3. The first-order valence-electron chi connectivity index (χ1n) is 15.5. The Balaban J connectivity index is 1.11. The molecule has 204 valence electrons. The van der Waals surface area contributed by atoms with Crippen LogP contribution in [0.15, 0.2) is 127 Å². The van der Waals surface area contributed by atoms with Crippen LogP contribution in [0.3, 0.4) is 0 Å². The molecule has 9 rings (SSSR count). The number of benzene rings is 6. The maximum atomic E-state index is 2.49. The maximum Gasteiger partial charge on any atom is 0.0541 e. The Labute approximate surface area is 252 Å². The second kappa shape index (κ2) is 9.71. The molecule has 7 aromatic rings. The molecule has 0 unspecified atom stereocenters. The van der Waals surface area contributed by atoms with Crippen LogP contribution in [0.2, 0.25) is 0 Å². The molecule has 1 aromatic heterocycles. The van der Waals surface area contributed by atoms with Crippen LogP contribution in [-0.4, -0.2) is 4.57 Å². The first-order valence-corrected chi connectivity index (χ1v) is 15.5. The molecule has 0 fully saturated rings. The summed E-state index contributed by atoms with van der Waals surface area (Å²) in [5.74, 6) is 0. The fraction of sp³-hybridized carbons (Fsp3) is 0.0952. The summed E-state index contributed by atoms with van der Waals surface area (Å²) in [7, 11) is 0. The van der Waals surface area contributed by atoms with E-state index in [0.717, 1.165) is 25.7 Å². The van der Waals surface area contributed by atoms with Gasteiger partial charge in [-0.05, 0) is 111 Å². The molecular weight excluding hydrogens is 518 g/mol. The van der Waals surface area contributed by atoms with Gasteiger partial charge in [-0.1, -0.05) is 109 Å². The molecule has 2 aliphatic rings. The third kappa shape index (κ3) is 3.85. The lowest BCUT2D eigenvalue weighted by atomic mass is 9.78. The number of hydrogen-bond acceptors (Lipinski definition) is 0. The topological polar surface area (TPSA) is 4.93 Å². The summed E-state index contributed by atoms with van der Waals surface area (Å²) in [6, 6.07) is 44.6. The molecule has 0 radical (unpaired) electrons. The van der Waals surface area contributed by atoms with E-state index in [0.29, 0.717) is 0 Å². The van der Waals surface area contributed by atoms with E-state index in [1.165, 1.54) is 71.7 Å². The zero-order chi connectivity index (χ0) is 28.3. The summed E-state index contributed by atoms with van der Waals surface area (Å²) in [5.41, 5.74) is 15.0. The highest BCUT2D eigenvalue weighted by Crippen LogP contribution is 2.41. The third-order valence-electron chi connectivity index (χ3n) is 9.60. The van der Waals surface area contributed by atoms with E-state index in [1.54, 1.807) is 11.1 Å². The standard InChI is InChI=1S/C42H31N/c1-2-14-35-33(12-1)34-13-3-4-15-36(34)40-27-31(22-25-37(35)40)30-11-9-10-29(26-30)28-20-23-32(24-21-28)43-41-18-7-5-16-38(41)39-17-6-8-19-42(39)43/h1,3-13,15-21,23-24,26-27H,2,14,22,25H2. The first-order chi connectivity index (χ1) is 21.3. The Kier molecular flexibility index (Phi) is 5.52.